The first-order valence-corrected chi connectivity index (χ1v) is 7.55. The van der Waals surface area contributed by atoms with Gasteiger partial charge in [0.25, 0.3) is 0 Å². The molecular formula is C19H22O2. The summed E-state index contributed by atoms with van der Waals surface area (Å²) in [5.41, 5.74) is 3.15. The van der Waals surface area contributed by atoms with E-state index in [-0.39, 0.29) is 12.0 Å². The Morgan fingerprint density at radius 1 is 0.810 bits per heavy atom. The molecule has 0 aliphatic heterocycles. The Labute approximate surface area is 126 Å². The summed E-state index contributed by atoms with van der Waals surface area (Å²) in [6.45, 7) is 4.50. The average molecular weight is 282 g/mol. The zero-order valence-corrected chi connectivity index (χ0v) is 12.6. The topological polar surface area (TPSA) is 40.5 Å². The van der Waals surface area contributed by atoms with E-state index in [2.05, 4.69) is 26.0 Å². The Kier molecular flexibility index (Phi) is 3.39. The number of rotatable bonds is 3. The van der Waals surface area contributed by atoms with Gasteiger partial charge in [-0.1, -0.05) is 62.4 Å². The summed E-state index contributed by atoms with van der Waals surface area (Å²) in [5, 5.41) is 20.6. The second-order valence-corrected chi connectivity index (χ2v) is 6.40. The van der Waals surface area contributed by atoms with E-state index in [9.17, 15) is 10.2 Å². The summed E-state index contributed by atoms with van der Waals surface area (Å²) in [7, 11) is 0. The number of hydrogen-bond donors (Lipinski definition) is 2. The lowest BCUT2D eigenvalue weighted by atomic mass is 9.62. The fraction of sp³-hybridized carbons (Fsp3) is 0.368. The minimum Gasteiger partial charge on any atom is -0.396 e. The van der Waals surface area contributed by atoms with Gasteiger partial charge in [-0.2, -0.15) is 0 Å². The van der Waals surface area contributed by atoms with Gasteiger partial charge in [0.1, 0.15) is 5.60 Å². The van der Waals surface area contributed by atoms with E-state index in [1.54, 1.807) is 0 Å². The van der Waals surface area contributed by atoms with Gasteiger partial charge in [-0.05, 0) is 35.1 Å². The Hall–Kier alpha value is -1.64. The molecule has 0 bridgehead atoms. The molecule has 110 valence electrons. The van der Waals surface area contributed by atoms with Gasteiger partial charge in [0.15, 0.2) is 0 Å². The van der Waals surface area contributed by atoms with Gasteiger partial charge in [-0.3, -0.25) is 0 Å². The minimum atomic E-state index is -1.01. The van der Waals surface area contributed by atoms with Crippen LogP contribution in [0.2, 0.25) is 0 Å². The highest BCUT2D eigenvalue weighted by atomic mass is 16.3. The van der Waals surface area contributed by atoms with Gasteiger partial charge in [0.2, 0.25) is 0 Å². The first kappa shape index (κ1) is 14.3. The van der Waals surface area contributed by atoms with Crippen molar-refractivity contribution >= 4 is 0 Å². The molecule has 1 aliphatic carbocycles. The van der Waals surface area contributed by atoms with Gasteiger partial charge >= 0.3 is 0 Å². The standard InChI is InChI=1S/C19H22O2/c1-18(2)14-8-3-5-10-16(14)19(21,12-7-13-20)17-11-6-4-9-15(17)18/h3-6,8-11,20-21H,7,12-13H2,1-2H3. The van der Waals surface area contributed by atoms with Crippen molar-refractivity contribution in [3.05, 3.63) is 70.8 Å². The number of hydrogen-bond acceptors (Lipinski definition) is 2. The quantitative estimate of drug-likeness (QED) is 0.906. The van der Waals surface area contributed by atoms with Gasteiger partial charge in [0, 0.05) is 12.0 Å². The van der Waals surface area contributed by atoms with E-state index in [0.29, 0.717) is 12.8 Å². The molecule has 0 spiro atoms. The van der Waals surface area contributed by atoms with E-state index < -0.39 is 5.60 Å². The lowest BCUT2D eigenvalue weighted by molar-refractivity contribution is 0.0556. The number of aliphatic hydroxyl groups is 2. The fourth-order valence-corrected chi connectivity index (χ4v) is 3.67. The number of fused-ring (bicyclic) bond motifs is 2. The molecule has 0 amide bonds. The van der Waals surface area contributed by atoms with Crippen LogP contribution in [0.5, 0.6) is 0 Å². The molecular weight excluding hydrogens is 260 g/mol. The smallest absolute Gasteiger partial charge is 0.115 e. The van der Waals surface area contributed by atoms with Crippen LogP contribution in [0.4, 0.5) is 0 Å². The van der Waals surface area contributed by atoms with Crippen molar-refractivity contribution in [2.24, 2.45) is 0 Å². The highest BCUT2D eigenvalue weighted by Gasteiger charge is 2.44. The maximum absolute atomic E-state index is 11.4. The zero-order chi connectivity index (χ0) is 15.1. The maximum Gasteiger partial charge on any atom is 0.115 e. The molecule has 0 atom stereocenters. The fourth-order valence-electron chi connectivity index (χ4n) is 3.67. The summed E-state index contributed by atoms with van der Waals surface area (Å²) >= 11 is 0. The Balaban J connectivity index is 2.28. The molecule has 1 aliphatic rings. The summed E-state index contributed by atoms with van der Waals surface area (Å²) in [6.07, 6.45) is 1.12. The Morgan fingerprint density at radius 2 is 1.24 bits per heavy atom. The summed E-state index contributed by atoms with van der Waals surface area (Å²) in [5.74, 6) is 0. The van der Waals surface area contributed by atoms with Crippen LogP contribution in [-0.2, 0) is 11.0 Å². The van der Waals surface area contributed by atoms with Crippen molar-refractivity contribution in [2.75, 3.05) is 6.61 Å². The zero-order valence-electron chi connectivity index (χ0n) is 12.6. The predicted octanol–water partition coefficient (Wildman–Crippen LogP) is 3.33. The average Bonchev–Trinajstić information content (AvgIpc) is 2.52. The first-order valence-electron chi connectivity index (χ1n) is 7.55. The van der Waals surface area contributed by atoms with Crippen LogP contribution in [0.1, 0.15) is 48.9 Å². The summed E-state index contributed by atoms with van der Waals surface area (Å²) in [6, 6.07) is 16.3. The van der Waals surface area contributed by atoms with Crippen LogP contribution in [0.15, 0.2) is 48.5 Å². The molecule has 2 aromatic rings. The molecule has 0 heterocycles. The monoisotopic (exact) mass is 282 g/mol. The lowest BCUT2D eigenvalue weighted by Crippen LogP contribution is -2.40. The van der Waals surface area contributed by atoms with Crippen molar-refractivity contribution in [1.29, 1.82) is 0 Å². The van der Waals surface area contributed by atoms with Crippen molar-refractivity contribution in [3.63, 3.8) is 0 Å². The second kappa shape index (κ2) is 4.97. The maximum atomic E-state index is 11.4. The van der Waals surface area contributed by atoms with Crippen molar-refractivity contribution in [3.8, 4) is 0 Å². The van der Waals surface area contributed by atoms with Crippen LogP contribution in [0.3, 0.4) is 0 Å². The van der Waals surface area contributed by atoms with Crippen LogP contribution in [0.25, 0.3) is 0 Å². The summed E-state index contributed by atoms with van der Waals surface area (Å²) < 4.78 is 0. The molecule has 0 aromatic heterocycles. The largest absolute Gasteiger partial charge is 0.396 e. The summed E-state index contributed by atoms with van der Waals surface area (Å²) in [4.78, 5) is 0. The van der Waals surface area contributed by atoms with Crippen LogP contribution >= 0.6 is 0 Å². The van der Waals surface area contributed by atoms with Crippen molar-refractivity contribution < 1.29 is 10.2 Å². The lowest BCUT2D eigenvalue weighted by Gasteiger charge is -2.44. The van der Waals surface area contributed by atoms with Gasteiger partial charge in [-0.15, -0.1) is 0 Å². The number of aliphatic hydroxyl groups excluding tert-OH is 1. The van der Waals surface area contributed by atoms with E-state index in [1.807, 2.05) is 36.4 Å². The molecule has 2 nitrogen and oxygen atoms in total. The molecule has 0 saturated carbocycles. The highest BCUT2D eigenvalue weighted by Crippen LogP contribution is 2.50. The third-order valence-corrected chi connectivity index (χ3v) is 4.79. The van der Waals surface area contributed by atoms with Gasteiger partial charge < -0.3 is 10.2 Å². The van der Waals surface area contributed by atoms with E-state index in [4.69, 9.17) is 0 Å². The molecule has 0 fully saturated rings. The third-order valence-electron chi connectivity index (χ3n) is 4.79. The Bertz CT molecular complexity index is 609. The number of benzene rings is 2. The molecule has 3 rings (SSSR count). The molecule has 2 N–H and O–H groups in total. The van der Waals surface area contributed by atoms with Gasteiger partial charge in [-0.25, -0.2) is 0 Å². The Morgan fingerprint density at radius 3 is 1.67 bits per heavy atom. The molecule has 0 saturated heterocycles. The van der Waals surface area contributed by atoms with Crippen molar-refractivity contribution in [1.82, 2.24) is 0 Å². The van der Waals surface area contributed by atoms with Crippen molar-refractivity contribution in [2.45, 2.75) is 37.7 Å². The molecule has 2 heteroatoms. The van der Waals surface area contributed by atoms with E-state index in [0.717, 1.165) is 11.1 Å². The minimum absolute atomic E-state index is 0.0933. The molecule has 0 unspecified atom stereocenters. The second-order valence-electron chi connectivity index (χ2n) is 6.40. The first-order chi connectivity index (χ1) is 10.0. The highest BCUT2D eigenvalue weighted by molar-refractivity contribution is 5.57. The molecule has 0 radical (unpaired) electrons. The SMILES string of the molecule is CC1(C)c2ccccc2C(O)(CCCO)c2ccccc21. The normalized spacial score (nSPS) is 17.9. The molecule has 2 aromatic carbocycles. The van der Waals surface area contributed by atoms with E-state index >= 15 is 0 Å². The molecule has 21 heavy (non-hydrogen) atoms. The van der Waals surface area contributed by atoms with E-state index in [1.165, 1.54) is 11.1 Å². The third kappa shape index (κ3) is 2.02. The van der Waals surface area contributed by atoms with Gasteiger partial charge in [0.05, 0.1) is 0 Å². The van der Waals surface area contributed by atoms with Crippen LogP contribution < -0.4 is 0 Å². The van der Waals surface area contributed by atoms with Crippen LogP contribution in [0, 0.1) is 0 Å². The predicted molar refractivity (Wildman–Crippen MR) is 84.3 cm³/mol. The van der Waals surface area contributed by atoms with Crippen LogP contribution in [-0.4, -0.2) is 16.8 Å².